The lowest BCUT2D eigenvalue weighted by atomic mass is 9.96. The number of aromatic nitrogens is 3. The first kappa shape index (κ1) is 18.3. The van der Waals surface area contributed by atoms with E-state index in [1.54, 1.807) is 16.7 Å². The van der Waals surface area contributed by atoms with Crippen LogP contribution in [0.2, 0.25) is 10.0 Å². The summed E-state index contributed by atoms with van der Waals surface area (Å²) in [5, 5.41) is 14.4. The summed E-state index contributed by atoms with van der Waals surface area (Å²) in [4.78, 5) is 23.8. The lowest BCUT2D eigenvalue weighted by Gasteiger charge is -2.22. The van der Waals surface area contributed by atoms with E-state index in [1.165, 1.54) is 6.42 Å². The van der Waals surface area contributed by atoms with Crippen molar-refractivity contribution in [3.63, 3.8) is 0 Å². The van der Waals surface area contributed by atoms with Crippen LogP contribution in [-0.4, -0.2) is 38.3 Å². The van der Waals surface area contributed by atoms with Gasteiger partial charge in [0.15, 0.2) is 10.8 Å². The van der Waals surface area contributed by atoms with E-state index < -0.39 is 11.9 Å². The fraction of sp³-hybridized carbons (Fsp3) is 0.467. The molecule has 134 valence electrons. The normalized spacial score (nSPS) is 15.3. The van der Waals surface area contributed by atoms with Gasteiger partial charge in [-0.1, -0.05) is 54.2 Å². The molecule has 0 aliphatic heterocycles. The largest absolute Gasteiger partial charge is 0.335 e. The lowest BCUT2D eigenvalue weighted by molar-refractivity contribution is -0.117. The van der Waals surface area contributed by atoms with Gasteiger partial charge in [-0.25, -0.2) is 4.79 Å². The molecule has 2 aromatic heterocycles. The van der Waals surface area contributed by atoms with Gasteiger partial charge in [0.25, 0.3) is 0 Å². The molecule has 3 rings (SSSR count). The van der Waals surface area contributed by atoms with Crippen LogP contribution in [-0.2, 0) is 4.79 Å². The zero-order chi connectivity index (χ0) is 17.8. The van der Waals surface area contributed by atoms with Crippen LogP contribution in [0.25, 0.3) is 5.65 Å². The summed E-state index contributed by atoms with van der Waals surface area (Å²) < 4.78 is 1.62. The number of thioether (sulfide) groups is 1. The summed E-state index contributed by atoms with van der Waals surface area (Å²) in [5.41, 5.74) is 0.462. The first-order chi connectivity index (χ1) is 12.0. The highest BCUT2D eigenvalue weighted by atomic mass is 35.5. The summed E-state index contributed by atoms with van der Waals surface area (Å²) in [7, 11) is 0. The van der Waals surface area contributed by atoms with Crippen molar-refractivity contribution in [3.05, 3.63) is 22.3 Å². The Balaban J connectivity index is 1.53. The molecule has 1 fully saturated rings. The Morgan fingerprint density at radius 2 is 2.00 bits per heavy atom. The highest BCUT2D eigenvalue weighted by Crippen LogP contribution is 2.25. The van der Waals surface area contributed by atoms with Gasteiger partial charge in [0, 0.05) is 12.2 Å². The van der Waals surface area contributed by atoms with Crippen LogP contribution in [0.4, 0.5) is 4.79 Å². The quantitative estimate of drug-likeness (QED) is 0.767. The van der Waals surface area contributed by atoms with Crippen LogP contribution < -0.4 is 10.6 Å². The minimum atomic E-state index is -0.449. The van der Waals surface area contributed by atoms with Gasteiger partial charge in [0.2, 0.25) is 5.91 Å². The number of imide groups is 1. The Bertz CT molecular complexity index is 792. The van der Waals surface area contributed by atoms with Gasteiger partial charge in [0.05, 0.1) is 15.8 Å². The average molecular weight is 402 g/mol. The van der Waals surface area contributed by atoms with Crippen LogP contribution in [0.1, 0.15) is 32.1 Å². The van der Waals surface area contributed by atoms with Crippen LogP contribution >= 0.6 is 35.0 Å². The molecule has 0 spiro atoms. The molecule has 1 saturated carbocycles. The molecule has 0 aromatic carbocycles. The molecular formula is C15H17Cl2N5O2S. The lowest BCUT2D eigenvalue weighted by Crippen LogP contribution is -2.45. The zero-order valence-electron chi connectivity index (χ0n) is 13.3. The summed E-state index contributed by atoms with van der Waals surface area (Å²) in [6, 6.07) is 1.28. The molecule has 0 saturated heterocycles. The SMILES string of the molecule is O=C(CSc1nnc2c(Cl)cc(Cl)cn12)NC(=O)NC1CCCCC1. The molecule has 0 radical (unpaired) electrons. The van der Waals surface area contributed by atoms with Gasteiger partial charge < -0.3 is 5.32 Å². The van der Waals surface area contributed by atoms with Gasteiger partial charge in [0.1, 0.15) is 0 Å². The minimum absolute atomic E-state index is 0.0308. The number of nitrogens with zero attached hydrogens (tertiary/aromatic N) is 3. The molecule has 7 nitrogen and oxygen atoms in total. The van der Waals surface area contributed by atoms with Crippen LogP contribution in [0.3, 0.4) is 0 Å². The van der Waals surface area contributed by atoms with E-state index in [1.807, 2.05) is 0 Å². The van der Waals surface area contributed by atoms with Gasteiger partial charge >= 0.3 is 6.03 Å². The number of carbonyl (C=O) groups is 2. The van der Waals surface area contributed by atoms with Gasteiger partial charge in [-0.2, -0.15) is 0 Å². The molecule has 0 unspecified atom stereocenters. The molecule has 2 heterocycles. The van der Waals surface area contributed by atoms with Gasteiger partial charge in [-0.15, -0.1) is 10.2 Å². The van der Waals surface area contributed by atoms with E-state index in [2.05, 4.69) is 20.8 Å². The van der Waals surface area contributed by atoms with Crippen LogP contribution in [0, 0.1) is 0 Å². The Kier molecular flexibility index (Phi) is 6.03. The monoisotopic (exact) mass is 401 g/mol. The molecule has 1 aliphatic rings. The third-order valence-corrected chi connectivity index (χ3v) is 5.35. The van der Waals surface area contributed by atoms with Crippen molar-refractivity contribution in [2.75, 3.05) is 5.75 Å². The van der Waals surface area contributed by atoms with E-state index in [0.29, 0.717) is 20.8 Å². The number of hydrogen-bond donors (Lipinski definition) is 2. The van der Waals surface area contributed by atoms with Crippen LogP contribution in [0.15, 0.2) is 17.4 Å². The van der Waals surface area contributed by atoms with Crippen molar-refractivity contribution in [1.82, 2.24) is 25.2 Å². The number of nitrogens with one attached hydrogen (secondary N) is 2. The summed E-state index contributed by atoms with van der Waals surface area (Å²) in [6.45, 7) is 0. The average Bonchev–Trinajstić information content (AvgIpc) is 2.97. The van der Waals surface area contributed by atoms with E-state index in [-0.39, 0.29) is 11.8 Å². The highest BCUT2D eigenvalue weighted by molar-refractivity contribution is 7.99. The number of rotatable bonds is 4. The van der Waals surface area contributed by atoms with E-state index in [4.69, 9.17) is 23.2 Å². The zero-order valence-corrected chi connectivity index (χ0v) is 15.6. The van der Waals surface area contributed by atoms with Crippen molar-refractivity contribution >= 4 is 52.5 Å². The fourth-order valence-electron chi connectivity index (χ4n) is 2.76. The standard InChI is InChI=1S/C15H17Cl2N5O2S/c16-9-6-11(17)13-20-21-15(22(13)7-9)25-8-12(23)19-14(24)18-10-4-2-1-3-5-10/h6-7,10H,1-5,8H2,(H2,18,19,23,24). The molecule has 1 aliphatic carbocycles. The van der Waals surface area contributed by atoms with Gasteiger partial charge in [-0.05, 0) is 18.9 Å². The number of fused-ring (bicyclic) bond motifs is 1. The Hall–Kier alpha value is -1.51. The molecule has 2 N–H and O–H groups in total. The second-order valence-electron chi connectivity index (χ2n) is 5.83. The van der Waals surface area contributed by atoms with E-state index >= 15 is 0 Å². The van der Waals surface area contributed by atoms with Crippen molar-refractivity contribution in [2.24, 2.45) is 0 Å². The second-order valence-corrected chi connectivity index (χ2v) is 7.61. The number of pyridine rings is 1. The third kappa shape index (κ3) is 4.77. The predicted molar refractivity (Wildman–Crippen MR) is 97.3 cm³/mol. The van der Waals surface area contributed by atoms with Crippen molar-refractivity contribution in [1.29, 1.82) is 0 Å². The first-order valence-corrected chi connectivity index (χ1v) is 9.70. The topological polar surface area (TPSA) is 88.4 Å². The maximum atomic E-state index is 12.0. The maximum Gasteiger partial charge on any atom is 0.321 e. The highest BCUT2D eigenvalue weighted by Gasteiger charge is 2.18. The molecule has 2 aromatic rings. The predicted octanol–water partition coefficient (Wildman–Crippen LogP) is 3.29. The molecule has 25 heavy (non-hydrogen) atoms. The van der Waals surface area contributed by atoms with Crippen molar-refractivity contribution < 1.29 is 9.59 Å². The van der Waals surface area contributed by atoms with E-state index in [0.717, 1.165) is 37.4 Å². The number of amides is 3. The van der Waals surface area contributed by atoms with Crippen molar-refractivity contribution in [3.8, 4) is 0 Å². The number of hydrogen-bond acceptors (Lipinski definition) is 5. The second kappa shape index (κ2) is 8.25. The summed E-state index contributed by atoms with van der Waals surface area (Å²) in [5.74, 6) is -0.369. The summed E-state index contributed by atoms with van der Waals surface area (Å²) in [6.07, 6.45) is 6.97. The molecular weight excluding hydrogens is 385 g/mol. The number of carbonyl (C=O) groups excluding carboxylic acids is 2. The molecule has 0 atom stereocenters. The molecule has 3 amide bonds. The maximum absolute atomic E-state index is 12.0. The Labute approximate surface area is 158 Å². The van der Waals surface area contributed by atoms with Gasteiger partial charge in [-0.3, -0.25) is 14.5 Å². The fourth-order valence-corrected chi connectivity index (χ4v) is 3.98. The number of halogens is 2. The Morgan fingerprint density at radius 3 is 2.76 bits per heavy atom. The Morgan fingerprint density at radius 1 is 1.24 bits per heavy atom. The molecule has 0 bridgehead atoms. The first-order valence-electron chi connectivity index (χ1n) is 7.96. The van der Waals surface area contributed by atoms with Crippen LogP contribution in [0.5, 0.6) is 0 Å². The van der Waals surface area contributed by atoms with E-state index in [9.17, 15) is 9.59 Å². The summed E-state index contributed by atoms with van der Waals surface area (Å²) >= 11 is 13.2. The smallest absolute Gasteiger partial charge is 0.321 e. The number of urea groups is 1. The van der Waals surface area contributed by atoms with Crippen molar-refractivity contribution in [2.45, 2.75) is 43.3 Å². The molecule has 10 heteroatoms. The minimum Gasteiger partial charge on any atom is -0.335 e. The third-order valence-electron chi connectivity index (χ3n) is 3.92.